The molecule has 1 heterocycles. The highest BCUT2D eigenvalue weighted by atomic mass is 35.5. The minimum absolute atomic E-state index is 0.0485. The highest BCUT2D eigenvalue weighted by molar-refractivity contribution is 6.31. The zero-order valence-corrected chi connectivity index (χ0v) is 10.4. The van der Waals surface area contributed by atoms with E-state index in [-0.39, 0.29) is 11.8 Å². The first kappa shape index (κ1) is 11.3. The van der Waals surface area contributed by atoms with E-state index in [0.717, 1.165) is 11.3 Å². The molecule has 1 atom stereocenters. The zero-order valence-electron chi connectivity index (χ0n) is 9.69. The van der Waals surface area contributed by atoms with E-state index in [4.69, 9.17) is 11.6 Å². The lowest BCUT2D eigenvalue weighted by Gasteiger charge is -2.26. The number of ketones is 1. The molecular formula is C15H12ClNO. The maximum Gasteiger partial charge on any atom is 0.167 e. The Balaban J connectivity index is 1.97. The molecule has 90 valence electrons. The monoisotopic (exact) mass is 257 g/mol. The van der Waals surface area contributed by atoms with Crippen molar-refractivity contribution in [2.24, 2.45) is 0 Å². The molecule has 3 rings (SSSR count). The Hall–Kier alpha value is -1.80. The molecule has 1 unspecified atom stereocenters. The largest absolute Gasteiger partial charge is 0.377 e. The van der Waals surface area contributed by atoms with Crippen molar-refractivity contribution in [2.75, 3.05) is 5.32 Å². The van der Waals surface area contributed by atoms with Crippen LogP contribution in [-0.2, 0) is 0 Å². The fraction of sp³-hybridized carbons (Fsp3) is 0.133. The van der Waals surface area contributed by atoms with Crippen molar-refractivity contribution in [1.82, 2.24) is 0 Å². The average molecular weight is 258 g/mol. The van der Waals surface area contributed by atoms with Gasteiger partial charge in [-0.25, -0.2) is 0 Å². The highest BCUT2D eigenvalue weighted by Gasteiger charge is 2.25. The minimum Gasteiger partial charge on any atom is -0.377 e. The van der Waals surface area contributed by atoms with Gasteiger partial charge in [0.15, 0.2) is 5.78 Å². The van der Waals surface area contributed by atoms with Gasteiger partial charge in [0.1, 0.15) is 0 Å². The summed E-state index contributed by atoms with van der Waals surface area (Å²) in [4.78, 5) is 12.1. The van der Waals surface area contributed by atoms with E-state index in [2.05, 4.69) is 5.32 Å². The van der Waals surface area contributed by atoms with Gasteiger partial charge in [0.05, 0.1) is 6.04 Å². The van der Waals surface area contributed by atoms with Crippen LogP contribution >= 0.6 is 11.6 Å². The van der Waals surface area contributed by atoms with Gasteiger partial charge in [-0.1, -0.05) is 41.9 Å². The molecule has 2 aromatic rings. The van der Waals surface area contributed by atoms with Crippen LogP contribution in [0.25, 0.3) is 0 Å². The normalized spacial score (nSPS) is 18.1. The maximum absolute atomic E-state index is 12.1. The average Bonchev–Trinajstić information content (AvgIpc) is 2.40. The Morgan fingerprint density at radius 3 is 2.67 bits per heavy atom. The van der Waals surface area contributed by atoms with Gasteiger partial charge in [-0.3, -0.25) is 4.79 Å². The predicted molar refractivity (Wildman–Crippen MR) is 73.2 cm³/mol. The molecule has 3 heteroatoms. The number of halogens is 1. The van der Waals surface area contributed by atoms with Gasteiger partial charge in [0.2, 0.25) is 0 Å². The molecule has 2 aromatic carbocycles. The van der Waals surface area contributed by atoms with Crippen LogP contribution in [0.5, 0.6) is 0 Å². The van der Waals surface area contributed by atoms with E-state index >= 15 is 0 Å². The van der Waals surface area contributed by atoms with Crippen molar-refractivity contribution in [2.45, 2.75) is 12.5 Å². The number of fused-ring (bicyclic) bond motifs is 1. The van der Waals surface area contributed by atoms with Gasteiger partial charge in [0.25, 0.3) is 0 Å². The van der Waals surface area contributed by atoms with Crippen molar-refractivity contribution in [3.63, 3.8) is 0 Å². The van der Waals surface area contributed by atoms with Crippen molar-refractivity contribution in [3.05, 3.63) is 64.7 Å². The first-order valence-electron chi connectivity index (χ1n) is 5.88. The molecule has 1 aliphatic heterocycles. The zero-order chi connectivity index (χ0) is 12.5. The lowest BCUT2D eigenvalue weighted by molar-refractivity contribution is 0.0972. The first-order chi connectivity index (χ1) is 8.74. The van der Waals surface area contributed by atoms with Crippen LogP contribution in [-0.4, -0.2) is 5.78 Å². The minimum atomic E-state index is 0.0485. The number of carbonyl (C=O) groups excluding carboxylic acids is 1. The standard InChI is InChI=1S/C15H12ClNO/c16-11-6-7-13-12(8-11)15(18)9-14(17-13)10-4-2-1-3-5-10/h1-8,14,17H,9H2. The fourth-order valence-electron chi connectivity index (χ4n) is 2.29. The predicted octanol–water partition coefficient (Wildman–Crippen LogP) is 4.08. The Bertz CT molecular complexity index is 595. The molecule has 0 saturated heterocycles. The summed E-state index contributed by atoms with van der Waals surface area (Å²) in [6, 6.07) is 15.5. The number of rotatable bonds is 1. The van der Waals surface area contributed by atoms with Crippen LogP contribution in [0.1, 0.15) is 28.4 Å². The molecule has 0 radical (unpaired) electrons. The molecular weight excluding hydrogens is 246 g/mol. The van der Waals surface area contributed by atoms with Crippen molar-refractivity contribution >= 4 is 23.1 Å². The van der Waals surface area contributed by atoms with Crippen LogP contribution in [0.3, 0.4) is 0 Å². The molecule has 2 nitrogen and oxygen atoms in total. The lowest BCUT2D eigenvalue weighted by atomic mass is 9.92. The van der Waals surface area contributed by atoms with Gasteiger partial charge in [0, 0.05) is 22.7 Å². The van der Waals surface area contributed by atoms with Gasteiger partial charge in [-0.2, -0.15) is 0 Å². The van der Waals surface area contributed by atoms with Crippen LogP contribution in [0.15, 0.2) is 48.5 Å². The summed E-state index contributed by atoms with van der Waals surface area (Å²) < 4.78 is 0. The molecule has 0 fully saturated rings. The second-order valence-electron chi connectivity index (χ2n) is 4.42. The van der Waals surface area contributed by atoms with Crippen molar-refractivity contribution in [3.8, 4) is 0 Å². The Morgan fingerprint density at radius 1 is 1.11 bits per heavy atom. The lowest BCUT2D eigenvalue weighted by Crippen LogP contribution is -2.22. The summed E-state index contributed by atoms with van der Waals surface area (Å²) in [7, 11) is 0. The van der Waals surface area contributed by atoms with E-state index in [1.807, 2.05) is 36.4 Å². The number of Topliss-reactive ketones (excluding diaryl/α,β-unsaturated/α-hetero) is 1. The van der Waals surface area contributed by atoms with E-state index in [1.54, 1.807) is 12.1 Å². The number of carbonyl (C=O) groups is 1. The molecule has 0 spiro atoms. The van der Waals surface area contributed by atoms with E-state index < -0.39 is 0 Å². The van der Waals surface area contributed by atoms with Gasteiger partial charge in [-0.15, -0.1) is 0 Å². The maximum atomic E-state index is 12.1. The van der Waals surface area contributed by atoms with E-state index in [9.17, 15) is 4.79 Å². The van der Waals surface area contributed by atoms with E-state index in [0.29, 0.717) is 17.0 Å². The summed E-state index contributed by atoms with van der Waals surface area (Å²) in [5.41, 5.74) is 2.69. The third-order valence-electron chi connectivity index (χ3n) is 3.20. The van der Waals surface area contributed by atoms with E-state index in [1.165, 1.54) is 0 Å². The molecule has 18 heavy (non-hydrogen) atoms. The van der Waals surface area contributed by atoms with Crippen LogP contribution in [0, 0.1) is 0 Å². The number of hydrogen-bond acceptors (Lipinski definition) is 2. The molecule has 0 bridgehead atoms. The first-order valence-corrected chi connectivity index (χ1v) is 6.26. The topological polar surface area (TPSA) is 29.1 Å². The fourth-order valence-corrected chi connectivity index (χ4v) is 2.47. The van der Waals surface area contributed by atoms with Gasteiger partial charge >= 0.3 is 0 Å². The van der Waals surface area contributed by atoms with Crippen LogP contribution in [0.4, 0.5) is 5.69 Å². The molecule has 0 amide bonds. The van der Waals surface area contributed by atoms with Gasteiger partial charge in [-0.05, 0) is 23.8 Å². The van der Waals surface area contributed by atoms with Crippen molar-refractivity contribution < 1.29 is 4.79 Å². The van der Waals surface area contributed by atoms with Crippen LogP contribution < -0.4 is 5.32 Å². The second-order valence-corrected chi connectivity index (χ2v) is 4.86. The number of benzene rings is 2. The van der Waals surface area contributed by atoms with Crippen LogP contribution in [0.2, 0.25) is 5.02 Å². The summed E-state index contributed by atoms with van der Waals surface area (Å²) in [5, 5.41) is 3.99. The third-order valence-corrected chi connectivity index (χ3v) is 3.44. The quantitative estimate of drug-likeness (QED) is 0.834. The van der Waals surface area contributed by atoms with Gasteiger partial charge < -0.3 is 5.32 Å². The molecule has 0 aromatic heterocycles. The Labute approximate surface area is 111 Å². The molecule has 1 N–H and O–H groups in total. The number of hydrogen-bond donors (Lipinski definition) is 1. The molecule has 0 saturated carbocycles. The molecule has 1 aliphatic rings. The highest BCUT2D eigenvalue weighted by Crippen LogP contribution is 2.33. The summed E-state index contributed by atoms with van der Waals surface area (Å²) in [6.07, 6.45) is 0.470. The summed E-state index contributed by atoms with van der Waals surface area (Å²) >= 11 is 5.92. The second kappa shape index (κ2) is 4.46. The Morgan fingerprint density at radius 2 is 1.89 bits per heavy atom. The van der Waals surface area contributed by atoms with Crippen molar-refractivity contribution in [1.29, 1.82) is 0 Å². The molecule has 0 aliphatic carbocycles. The Kier molecular flexibility index (Phi) is 2.80. The summed E-state index contributed by atoms with van der Waals surface area (Å²) in [6.45, 7) is 0. The smallest absolute Gasteiger partial charge is 0.167 e. The summed E-state index contributed by atoms with van der Waals surface area (Å²) in [5.74, 6) is 0.139. The number of nitrogens with one attached hydrogen (secondary N) is 1. The SMILES string of the molecule is O=C1CC(c2ccccc2)Nc2ccc(Cl)cc21. The number of anilines is 1. The third kappa shape index (κ3) is 2.00.